The first kappa shape index (κ1) is 57.4. The number of ether oxygens (including phenoxy) is 2. The van der Waals surface area contributed by atoms with Gasteiger partial charge in [-0.1, -0.05) is 199 Å². The Labute approximate surface area is 361 Å². The smallest absolute Gasteiger partial charge is 0.462 e. The Morgan fingerprint density at radius 1 is 0.508 bits per heavy atom. The molecule has 0 saturated carbocycles. The van der Waals surface area contributed by atoms with Gasteiger partial charge in [0.15, 0.2) is 6.10 Å². The van der Waals surface area contributed by atoms with Crippen LogP contribution in [0.1, 0.15) is 232 Å². The average Bonchev–Trinajstić information content (AvgIpc) is 3.22. The molecule has 0 radical (unpaired) electrons. The van der Waals surface area contributed by atoms with Crippen molar-refractivity contribution in [2.75, 3.05) is 26.4 Å². The predicted molar refractivity (Wildman–Crippen MR) is 242 cm³/mol. The Kier molecular flexibility index (Phi) is 43.3. The van der Waals surface area contributed by atoms with Gasteiger partial charge in [-0.05, 0) is 44.9 Å². The molecule has 11 heteroatoms. The molecule has 59 heavy (non-hydrogen) atoms. The van der Waals surface area contributed by atoms with Crippen LogP contribution in [0.3, 0.4) is 0 Å². The van der Waals surface area contributed by atoms with Crippen LogP contribution < -0.4 is 0 Å². The maximum Gasteiger partial charge on any atom is 0.472 e. The van der Waals surface area contributed by atoms with Crippen LogP contribution in [0, 0.1) is 0 Å². The van der Waals surface area contributed by atoms with Crippen molar-refractivity contribution in [3.8, 4) is 0 Å². The van der Waals surface area contributed by atoms with Crippen LogP contribution in [-0.4, -0.2) is 65.7 Å². The van der Waals surface area contributed by atoms with Gasteiger partial charge in [-0.25, -0.2) is 4.57 Å². The molecular formula is C48H91O10P. The van der Waals surface area contributed by atoms with Gasteiger partial charge in [-0.15, -0.1) is 0 Å². The van der Waals surface area contributed by atoms with Crippen LogP contribution in [0.5, 0.6) is 0 Å². The lowest BCUT2D eigenvalue weighted by atomic mass is 10.0. The van der Waals surface area contributed by atoms with E-state index in [-0.39, 0.29) is 19.4 Å². The van der Waals surface area contributed by atoms with Crippen LogP contribution in [0.4, 0.5) is 0 Å². The fraction of sp³-hybridized carbons (Fsp3) is 0.875. The first-order valence-electron chi connectivity index (χ1n) is 24.3. The normalized spacial score (nSPS) is 13.9. The van der Waals surface area contributed by atoms with Gasteiger partial charge in [0, 0.05) is 12.8 Å². The van der Waals surface area contributed by atoms with Gasteiger partial charge in [0.25, 0.3) is 0 Å². The molecule has 0 spiro atoms. The van der Waals surface area contributed by atoms with Crippen LogP contribution in [0.25, 0.3) is 0 Å². The molecular weight excluding hydrogens is 767 g/mol. The number of rotatable bonds is 46. The number of allylic oxidation sites excluding steroid dienone is 4. The zero-order chi connectivity index (χ0) is 43.3. The fourth-order valence-corrected chi connectivity index (χ4v) is 7.64. The van der Waals surface area contributed by atoms with Crippen molar-refractivity contribution in [3.63, 3.8) is 0 Å². The Morgan fingerprint density at radius 2 is 0.881 bits per heavy atom. The van der Waals surface area contributed by atoms with E-state index in [0.29, 0.717) is 12.8 Å². The molecule has 3 unspecified atom stereocenters. The summed E-state index contributed by atoms with van der Waals surface area (Å²) in [5, 5.41) is 18.4. The number of unbranched alkanes of at least 4 members (excludes halogenated alkanes) is 28. The average molecular weight is 859 g/mol. The molecule has 0 fully saturated rings. The quantitative estimate of drug-likeness (QED) is 0.0234. The first-order chi connectivity index (χ1) is 28.7. The van der Waals surface area contributed by atoms with E-state index in [2.05, 4.69) is 38.2 Å². The summed E-state index contributed by atoms with van der Waals surface area (Å²) < 4.78 is 32.8. The summed E-state index contributed by atoms with van der Waals surface area (Å²) >= 11 is 0. The third-order valence-corrected chi connectivity index (χ3v) is 11.6. The van der Waals surface area contributed by atoms with Crippen LogP contribution >= 0.6 is 7.82 Å². The van der Waals surface area contributed by atoms with Gasteiger partial charge in [0.2, 0.25) is 0 Å². The number of aliphatic hydroxyl groups excluding tert-OH is 2. The minimum Gasteiger partial charge on any atom is -0.462 e. The number of aliphatic hydroxyl groups is 2. The molecule has 0 saturated heterocycles. The monoisotopic (exact) mass is 859 g/mol. The number of phosphoric acid groups is 1. The molecule has 0 aliphatic carbocycles. The summed E-state index contributed by atoms with van der Waals surface area (Å²) in [6.07, 6.45) is 45.7. The van der Waals surface area contributed by atoms with E-state index < -0.39 is 51.8 Å². The van der Waals surface area contributed by atoms with Crippen molar-refractivity contribution in [2.24, 2.45) is 0 Å². The second-order valence-electron chi connectivity index (χ2n) is 16.5. The minimum absolute atomic E-state index is 0.178. The number of carbonyl (C=O) groups excluding carboxylic acids is 2. The van der Waals surface area contributed by atoms with Crippen molar-refractivity contribution in [1.82, 2.24) is 0 Å². The van der Waals surface area contributed by atoms with Crippen LogP contribution in [0.2, 0.25) is 0 Å². The molecule has 348 valence electrons. The van der Waals surface area contributed by atoms with Crippen molar-refractivity contribution >= 4 is 19.8 Å². The molecule has 0 heterocycles. The number of carbonyl (C=O) groups is 2. The third kappa shape index (κ3) is 44.3. The molecule has 0 aliphatic heterocycles. The lowest BCUT2D eigenvalue weighted by Gasteiger charge is -2.20. The van der Waals surface area contributed by atoms with Gasteiger partial charge in [0.05, 0.1) is 19.8 Å². The molecule has 0 aromatic carbocycles. The zero-order valence-electron chi connectivity index (χ0n) is 38.0. The fourth-order valence-electron chi connectivity index (χ4n) is 6.85. The Hall–Kier alpha value is -1.55. The van der Waals surface area contributed by atoms with Crippen LogP contribution in [0.15, 0.2) is 24.3 Å². The Balaban J connectivity index is 4.21. The van der Waals surface area contributed by atoms with Gasteiger partial charge < -0.3 is 24.6 Å². The van der Waals surface area contributed by atoms with Gasteiger partial charge in [-0.2, -0.15) is 0 Å². The Bertz CT molecular complexity index is 1040. The van der Waals surface area contributed by atoms with E-state index in [1.165, 1.54) is 141 Å². The SMILES string of the molecule is CCCCCC/C=C\C/C=C\CCCCCCCCCC(=O)OC(COC(=O)CCCCCCCCCCCCCCCCCCCC)COP(=O)(O)OCC(O)CO. The number of hydrogen-bond donors (Lipinski definition) is 3. The zero-order valence-corrected chi connectivity index (χ0v) is 38.9. The third-order valence-electron chi connectivity index (χ3n) is 10.6. The van der Waals surface area contributed by atoms with E-state index >= 15 is 0 Å². The molecule has 10 nitrogen and oxygen atoms in total. The molecule has 0 rings (SSSR count). The van der Waals surface area contributed by atoms with Crippen molar-refractivity contribution in [2.45, 2.75) is 244 Å². The highest BCUT2D eigenvalue weighted by atomic mass is 31.2. The molecule has 0 amide bonds. The highest BCUT2D eigenvalue weighted by molar-refractivity contribution is 7.47. The van der Waals surface area contributed by atoms with Crippen molar-refractivity contribution in [1.29, 1.82) is 0 Å². The lowest BCUT2D eigenvalue weighted by Crippen LogP contribution is -2.29. The van der Waals surface area contributed by atoms with Crippen molar-refractivity contribution in [3.05, 3.63) is 24.3 Å². The lowest BCUT2D eigenvalue weighted by molar-refractivity contribution is -0.161. The standard InChI is InChI=1S/C48H91O10P/c1-3-5-7-9-11-13-15-17-19-21-23-25-27-29-31-33-35-37-39-47(51)55-43-46(44-57-59(53,54)56-42-45(50)41-49)58-48(52)40-38-36-34-32-30-28-26-24-22-20-18-16-14-12-10-8-6-4-2/h14,16,20,22,45-46,49-50H,3-13,15,17-19,21,23-44H2,1-2H3,(H,53,54)/b16-14-,22-20-. The van der Waals surface area contributed by atoms with E-state index in [0.717, 1.165) is 51.4 Å². The minimum atomic E-state index is -4.62. The van der Waals surface area contributed by atoms with Crippen molar-refractivity contribution < 1.29 is 47.8 Å². The number of esters is 2. The van der Waals surface area contributed by atoms with E-state index in [9.17, 15) is 24.2 Å². The number of phosphoric ester groups is 1. The van der Waals surface area contributed by atoms with Gasteiger partial charge in [0.1, 0.15) is 12.7 Å². The van der Waals surface area contributed by atoms with E-state index in [1.807, 2.05) is 0 Å². The molecule has 0 aromatic heterocycles. The summed E-state index contributed by atoms with van der Waals surface area (Å²) in [5.74, 6) is -0.922. The molecule has 0 aromatic rings. The van der Waals surface area contributed by atoms with E-state index in [1.54, 1.807) is 0 Å². The molecule has 0 aliphatic rings. The summed E-state index contributed by atoms with van der Waals surface area (Å²) in [6.45, 7) is 2.40. The summed E-state index contributed by atoms with van der Waals surface area (Å²) in [7, 11) is -4.62. The first-order valence-corrected chi connectivity index (χ1v) is 25.8. The summed E-state index contributed by atoms with van der Waals surface area (Å²) in [4.78, 5) is 35.1. The Morgan fingerprint density at radius 3 is 1.32 bits per heavy atom. The van der Waals surface area contributed by atoms with E-state index in [4.69, 9.17) is 23.6 Å². The maximum absolute atomic E-state index is 12.6. The summed E-state index contributed by atoms with van der Waals surface area (Å²) in [6, 6.07) is 0. The number of hydrogen-bond acceptors (Lipinski definition) is 9. The molecule has 3 atom stereocenters. The van der Waals surface area contributed by atoms with Gasteiger partial charge >= 0.3 is 19.8 Å². The highest BCUT2D eigenvalue weighted by Gasteiger charge is 2.27. The second-order valence-corrected chi connectivity index (χ2v) is 17.9. The topological polar surface area (TPSA) is 149 Å². The van der Waals surface area contributed by atoms with Gasteiger partial charge in [-0.3, -0.25) is 18.6 Å². The summed E-state index contributed by atoms with van der Waals surface area (Å²) in [5.41, 5.74) is 0. The molecule has 3 N–H and O–H groups in total. The predicted octanol–water partition coefficient (Wildman–Crippen LogP) is 13.3. The second kappa shape index (κ2) is 44.5. The molecule has 0 bridgehead atoms. The highest BCUT2D eigenvalue weighted by Crippen LogP contribution is 2.43. The van der Waals surface area contributed by atoms with Crippen LogP contribution in [-0.2, 0) is 32.7 Å². The largest absolute Gasteiger partial charge is 0.472 e. The maximum atomic E-state index is 12.6.